The van der Waals surface area contributed by atoms with Gasteiger partial charge in [-0.25, -0.2) is 0 Å². The smallest absolute Gasteiger partial charge is 0.176 e. The van der Waals surface area contributed by atoms with E-state index in [1.165, 1.54) is 5.56 Å². The molecule has 2 fully saturated rings. The van der Waals surface area contributed by atoms with Crippen LogP contribution in [0.1, 0.15) is 5.56 Å². The van der Waals surface area contributed by atoms with Crippen LogP contribution in [0.15, 0.2) is 30.3 Å². The highest BCUT2D eigenvalue weighted by atomic mass is 16.7. The third-order valence-electron chi connectivity index (χ3n) is 3.97. The van der Waals surface area contributed by atoms with Gasteiger partial charge in [-0.1, -0.05) is 30.3 Å². The van der Waals surface area contributed by atoms with E-state index in [9.17, 15) is 5.11 Å². The second-order valence-corrected chi connectivity index (χ2v) is 5.34. The minimum absolute atomic E-state index is 0.179. The second-order valence-electron chi connectivity index (χ2n) is 5.34. The first-order valence-corrected chi connectivity index (χ1v) is 6.61. The fourth-order valence-corrected chi connectivity index (χ4v) is 2.88. The number of rotatable bonds is 3. The summed E-state index contributed by atoms with van der Waals surface area (Å²) in [5.74, 6) is 0. The lowest BCUT2D eigenvalue weighted by atomic mass is 9.96. The molecule has 0 amide bonds. The highest BCUT2D eigenvalue weighted by Crippen LogP contribution is 2.30. The molecule has 0 radical (unpaired) electrons. The summed E-state index contributed by atoms with van der Waals surface area (Å²) in [7, 11) is 1.96. The Hall–Kier alpha value is -0.980. The molecule has 0 unspecified atom stereocenters. The van der Waals surface area contributed by atoms with Crippen molar-refractivity contribution in [3.8, 4) is 0 Å². The Labute approximate surface area is 112 Å². The molecule has 5 nitrogen and oxygen atoms in total. The number of ether oxygens (including phenoxy) is 2. The number of nitrogens with two attached hydrogens (primary N) is 1. The van der Waals surface area contributed by atoms with Gasteiger partial charge in [-0.2, -0.15) is 0 Å². The summed E-state index contributed by atoms with van der Waals surface area (Å²) >= 11 is 0. The van der Waals surface area contributed by atoms with Crippen molar-refractivity contribution in [2.45, 2.75) is 37.1 Å². The Morgan fingerprint density at radius 2 is 2.11 bits per heavy atom. The summed E-state index contributed by atoms with van der Waals surface area (Å²) in [6, 6.07) is 9.50. The van der Waals surface area contributed by atoms with Crippen molar-refractivity contribution in [3.63, 3.8) is 0 Å². The van der Waals surface area contributed by atoms with Gasteiger partial charge in [0.1, 0.15) is 6.10 Å². The first-order valence-electron chi connectivity index (χ1n) is 6.61. The molecule has 0 aromatic heterocycles. The predicted octanol–water partition coefficient (Wildman–Crippen LogP) is -0.0697. The largest absolute Gasteiger partial charge is 0.390 e. The average molecular weight is 264 g/mol. The van der Waals surface area contributed by atoms with Gasteiger partial charge in [-0.3, -0.25) is 4.90 Å². The first kappa shape index (κ1) is 13.0. The zero-order chi connectivity index (χ0) is 13.4. The average Bonchev–Trinajstić information content (AvgIpc) is 2.84. The maximum atomic E-state index is 10.3. The summed E-state index contributed by atoms with van der Waals surface area (Å²) in [6.45, 7) is 1.20. The minimum atomic E-state index is -0.625. The van der Waals surface area contributed by atoms with Crippen LogP contribution in [-0.4, -0.2) is 54.2 Å². The second kappa shape index (κ2) is 5.19. The Balaban J connectivity index is 1.73. The molecule has 104 valence electrons. The van der Waals surface area contributed by atoms with Gasteiger partial charge in [0, 0.05) is 6.54 Å². The van der Waals surface area contributed by atoms with Crippen LogP contribution in [0, 0.1) is 0 Å². The molecule has 2 aliphatic heterocycles. The lowest BCUT2D eigenvalue weighted by Crippen LogP contribution is -2.62. The van der Waals surface area contributed by atoms with Gasteiger partial charge in [-0.05, 0) is 12.6 Å². The van der Waals surface area contributed by atoms with Crippen LogP contribution in [-0.2, 0) is 16.0 Å². The fraction of sp³-hybridized carbons (Fsp3) is 0.571. The number of hydrogen-bond donors (Lipinski definition) is 2. The molecular weight excluding hydrogens is 244 g/mol. The van der Waals surface area contributed by atoms with Crippen molar-refractivity contribution in [2.24, 2.45) is 5.73 Å². The zero-order valence-corrected chi connectivity index (χ0v) is 11.0. The van der Waals surface area contributed by atoms with Crippen molar-refractivity contribution >= 4 is 0 Å². The number of benzene rings is 1. The number of aliphatic hydroxyl groups excluding tert-OH is 1. The molecule has 19 heavy (non-hydrogen) atoms. The van der Waals surface area contributed by atoms with Gasteiger partial charge >= 0.3 is 0 Å². The van der Waals surface area contributed by atoms with Crippen molar-refractivity contribution in [1.82, 2.24) is 4.90 Å². The Morgan fingerprint density at radius 3 is 2.84 bits per heavy atom. The summed E-state index contributed by atoms with van der Waals surface area (Å²) in [6.07, 6.45) is -1.19. The van der Waals surface area contributed by atoms with Crippen LogP contribution in [0.5, 0.6) is 0 Å². The third-order valence-corrected chi connectivity index (χ3v) is 3.97. The number of fused-ring (bicyclic) bond motifs is 2. The van der Waals surface area contributed by atoms with E-state index >= 15 is 0 Å². The van der Waals surface area contributed by atoms with Crippen molar-refractivity contribution in [1.29, 1.82) is 0 Å². The van der Waals surface area contributed by atoms with E-state index in [2.05, 4.69) is 12.1 Å². The van der Waals surface area contributed by atoms with Crippen LogP contribution >= 0.6 is 0 Å². The topological polar surface area (TPSA) is 68.0 Å². The third kappa shape index (κ3) is 2.40. The first-order chi connectivity index (χ1) is 9.16. The van der Waals surface area contributed by atoms with Crippen LogP contribution < -0.4 is 5.73 Å². The zero-order valence-electron chi connectivity index (χ0n) is 11.0. The molecule has 3 rings (SSSR count). The highest BCUT2D eigenvalue weighted by molar-refractivity contribution is 5.15. The standard InChI is InChI=1S/C14H20N2O3/c1-16(7-9-5-3-2-4-6-9)12-13(17)11(15)10-8-18-14(12)19-10/h2-6,10-14,17H,7-8,15H2,1H3/t10-,11-,12+,13-,14-/m1/s1. The number of aliphatic hydroxyl groups is 1. The molecular formula is C14H20N2O3. The molecule has 5 heteroatoms. The molecule has 0 aliphatic carbocycles. The summed E-state index contributed by atoms with van der Waals surface area (Å²) in [5.41, 5.74) is 7.19. The number of nitrogens with zero attached hydrogens (tertiary/aromatic N) is 1. The van der Waals surface area contributed by atoms with Crippen LogP contribution in [0.3, 0.4) is 0 Å². The van der Waals surface area contributed by atoms with E-state index in [4.69, 9.17) is 15.2 Å². The molecule has 0 saturated carbocycles. The monoisotopic (exact) mass is 264 g/mol. The van der Waals surface area contributed by atoms with Crippen LogP contribution in [0.2, 0.25) is 0 Å². The van der Waals surface area contributed by atoms with E-state index in [-0.39, 0.29) is 24.5 Å². The highest BCUT2D eigenvalue weighted by Gasteiger charge is 2.49. The quantitative estimate of drug-likeness (QED) is 0.800. The van der Waals surface area contributed by atoms with Crippen LogP contribution in [0.25, 0.3) is 0 Å². The van der Waals surface area contributed by atoms with Gasteiger partial charge in [0.2, 0.25) is 0 Å². The lowest BCUT2D eigenvalue weighted by molar-refractivity contribution is -0.175. The Morgan fingerprint density at radius 1 is 1.37 bits per heavy atom. The molecule has 0 spiro atoms. The molecule has 1 aromatic carbocycles. The van der Waals surface area contributed by atoms with Crippen molar-refractivity contribution < 1.29 is 14.6 Å². The maximum Gasteiger partial charge on any atom is 0.176 e. The maximum absolute atomic E-state index is 10.3. The minimum Gasteiger partial charge on any atom is -0.390 e. The summed E-state index contributed by atoms with van der Waals surface area (Å²) in [4.78, 5) is 2.05. The van der Waals surface area contributed by atoms with Crippen molar-refractivity contribution in [2.75, 3.05) is 13.7 Å². The predicted molar refractivity (Wildman–Crippen MR) is 70.3 cm³/mol. The van der Waals surface area contributed by atoms with E-state index in [1.54, 1.807) is 0 Å². The normalized spacial score (nSPS) is 37.8. The van der Waals surface area contributed by atoms with Gasteiger partial charge in [0.05, 0.1) is 24.8 Å². The molecule has 2 saturated heterocycles. The van der Waals surface area contributed by atoms with Crippen LogP contribution in [0.4, 0.5) is 0 Å². The fourth-order valence-electron chi connectivity index (χ4n) is 2.88. The SMILES string of the molecule is CN(Cc1ccccc1)[C@@H]1[C@@H]2OC[C@@H](O2)[C@@H](N)[C@H]1O. The molecule has 2 bridgehead atoms. The van der Waals surface area contributed by atoms with E-state index in [0.29, 0.717) is 6.61 Å². The number of hydrogen-bond acceptors (Lipinski definition) is 5. The molecule has 1 aromatic rings. The van der Waals surface area contributed by atoms with E-state index in [1.807, 2.05) is 30.1 Å². The van der Waals surface area contributed by atoms with Gasteiger partial charge in [0.15, 0.2) is 6.29 Å². The van der Waals surface area contributed by atoms with Gasteiger partial charge in [0.25, 0.3) is 0 Å². The van der Waals surface area contributed by atoms with E-state index in [0.717, 1.165) is 6.54 Å². The van der Waals surface area contributed by atoms with Gasteiger partial charge < -0.3 is 20.3 Å². The molecule has 2 heterocycles. The lowest BCUT2D eigenvalue weighted by Gasteiger charge is -2.41. The Kier molecular flexibility index (Phi) is 3.56. The Bertz CT molecular complexity index is 428. The van der Waals surface area contributed by atoms with Crippen molar-refractivity contribution in [3.05, 3.63) is 35.9 Å². The summed E-state index contributed by atoms with van der Waals surface area (Å²) in [5, 5.41) is 10.3. The molecule has 5 atom stereocenters. The number of likely N-dealkylation sites (N-methyl/N-ethyl adjacent to an activating group) is 1. The molecule has 2 aliphatic rings. The summed E-state index contributed by atoms with van der Waals surface area (Å²) < 4.78 is 11.3. The van der Waals surface area contributed by atoms with E-state index < -0.39 is 6.10 Å². The van der Waals surface area contributed by atoms with Gasteiger partial charge in [-0.15, -0.1) is 0 Å². The molecule has 3 N–H and O–H groups in total.